The highest BCUT2D eigenvalue weighted by Gasteiger charge is 2.33. The lowest BCUT2D eigenvalue weighted by Gasteiger charge is -2.17. The SMILES string of the molecule is c1ccc(C2c3cc4c(cc3-c3ccc5ccccc5c32)c2ccccc2n4-c2nc(-c3ccc4ccccc4c3)c3ccccc3n2)cc1. The highest BCUT2D eigenvalue weighted by Crippen LogP contribution is 2.52. The van der Waals surface area contributed by atoms with Gasteiger partial charge in [-0.15, -0.1) is 0 Å². The number of hydrogen-bond donors (Lipinski definition) is 0. The first-order valence-corrected chi connectivity index (χ1v) is 17.2. The van der Waals surface area contributed by atoms with Crippen LogP contribution in [0.25, 0.3) is 82.6 Å². The van der Waals surface area contributed by atoms with Gasteiger partial charge in [-0.2, -0.15) is 0 Å². The van der Waals surface area contributed by atoms with Crippen LogP contribution in [0.3, 0.4) is 0 Å². The van der Waals surface area contributed by atoms with Crippen LogP contribution in [0.4, 0.5) is 0 Å². The van der Waals surface area contributed by atoms with Gasteiger partial charge in [0.05, 0.1) is 22.2 Å². The molecule has 50 heavy (non-hydrogen) atoms. The molecule has 0 N–H and O–H groups in total. The van der Waals surface area contributed by atoms with Crippen molar-refractivity contribution in [2.45, 2.75) is 5.92 Å². The van der Waals surface area contributed by atoms with Crippen LogP contribution in [-0.2, 0) is 0 Å². The van der Waals surface area contributed by atoms with Crippen molar-refractivity contribution in [3.8, 4) is 28.3 Å². The van der Waals surface area contributed by atoms with Crippen molar-refractivity contribution in [3.63, 3.8) is 0 Å². The minimum absolute atomic E-state index is 0.105. The first-order chi connectivity index (χ1) is 24.8. The highest BCUT2D eigenvalue weighted by molar-refractivity contribution is 6.12. The maximum atomic E-state index is 5.42. The van der Waals surface area contributed by atoms with E-state index in [1.165, 1.54) is 60.1 Å². The average Bonchev–Trinajstić information content (AvgIpc) is 3.69. The van der Waals surface area contributed by atoms with E-state index < -0.39 is 0 Å². The summed E-state index contributed by atoms with van der Waals surface area (Å²) in [6, 6.07) is 61.4. The van der Waals surface area contributed by atoms with Gasteiger partial charge in [-0.05, 0) is 79.7 Å². The predicted octanol–water partition coefficient (Wildman–Crippen LogP) is 11.9. The fraction of sp³-hybridized carbons (Fsp3) is 0.0213. The Balaban J connectivity index is 1.22. The molecule has 232 valence electrons. The first kappa shape index (κ1) is 27.4. The normalized spacial score (nSPS) is 13.8. The van der Waals surface area contributed by atoms with Crippen LogP contribution in [-0.4, -0.2) is 14.5 Å². The van der Waals surface area contributed by atoms with Crippen molar-refractivity contribution in [2.24, 2.45) is 0 Å². The third-order valence-corrected chi connectivity index (χ3v) is 10.7. The summed E-state index contributed by atoms with van der Waals surface area (Å²) in [5.74, 6) is 0.782. The zero-order valence-corrected chi connectivity index (χ0v) is 27.1. The van der Waals surface area contributed by atoms with Crippen molar-refractivity contribution < 1.29 is 0 Å². The lowest BCUT2D eigenvalue weighted by atomic mass is 9.86. The minimum Gasteiger partial charge on any atom is -0.278 e. The van der Waals surface area contributed by atoms with E-state index in [4.69, 9.17) is 9.97 Å². The number of benzene rings is 8. The highest BCUT2D eigenvalue weighted by atomic mass is 15.2. The summed E-state index contributed by atoms with van der Waals surface area (Å²) in [6.45, 7) is 0. The van der Waals surface area contributed by atoms with Gasteiger partial charge in [0.25, 0.3) is 0 Å². The maximum Gasteiger partial charge on any atom is 0.235 e. The molecule has 1 atom stereocenters. The number of rotatable bonds is 3. The monoisotopic (exact) mass is 635 g/mol. The molecule has 3 heteroatoms. The molecular weight excluding hydrogens is 607 g/mol. The van der Waals surface area contributed by atoms with Crippen molar-refractivity contribution in [1.82, 2.24) is 14.5 Å². The fourth-order valence-corrected chi connectivity index (χ4v) is 8.43. The van der Waals surface area contributed by atoms with Gasteiger partial charge in [0.2, 0.25) is 5.95 Å². The van der Waals surface area contributed by atoms with Crippen LogP contribution in [0.2, 0.25) is 0 Å². The summed E-state index contributed by atoms with van der Waals surface area (Å²) in [4.78, 5) is 10.7. The second-order valence-electron chi connectivity index (χ2n) is 13.4. The van der Waals surface area contributed by atoms with Crippen LogP contribution in [0.15, 0.2) is 170 Å². The molecule has 11 rings (SSSR count). The topological polar surface area (TPSA) is 30.7 Å². The molecule has 8 aromatic carbocycles. The van der Waals surface area contributed by atoms with Crippen LogP contribution in [0, 0.1) is 0 Å². The van der Waals surface area contributed by atoms with Crippen LogP contribution < -0.4 is 0 Å². The Kier molecular flexibility index (Phi) is 5.73. The predicted molar refractivity (Wildman–Crippen MR) is 207 cm³/mol. The molecule has 2 aromatic heterocycles. The Morgan fingerprint density at radius 3 is 2.02 bits per heavy atom. The molecule has 0 fully saturated rings. The Morgan fingerprint density at radius 1 is 0.440 bits per heavy atom. The smallest absolute Gasteiger partial charge is 0.235 e. The zero-order valence-electron chi connectivity index (χ0n) is 27.1. The van der Waals surface area contributed by atoms with Gasteiger partial charge in [-0.25, -0.2) is 9.97 Å². The maximum absolute atomic E-state index is 5.42. The van der Waals surface area contributed by atoms with E-state index in [1.807, 2.05) is 0 Å². The summed E-state index contributed by atoms with van der Waals surface area (Å²) in [7, 11) is 0. The van der Waals surface area contributed by atoms with Gasteiger partial charge in [0.15, 0.2) is 0 Å². The molecule has 1 aliphatic rings. The molecular formula is C47H29N3. The van der Waals surface area contributed by atoms with E-state index in [2.05, 4.69) is 174 Å². The molecule has 0 radical (unpaired) electrons. The number of nitrogens with zero attached hydrogens (tertiary/aromatic N) is 3. The van der Waals surface area contributed by atoms with Crippen molar-refractivity contribution in [1.29, 1.82) is 0 Å². The molecule has 0 aliphatic heterocycles. The Morgan fingerprint density at radius 2 is 1.14 bits per heavy atom. The lowest BCUT2D eigenvalue weighted by molar-refractivity contribution is 1.00. The second-order valence-corrected chi connectivity index (χ2v) is 13.4. The van der Waals surface area contributed by atoms with E-state index in [1.54, 1.807) is 0 Å². The van der Waals surface area contributed by atoms with Crippen LogP contribution in [0.5, 0.6) is 0 Å². The fourth-order valence-electron chi connectivity index (χ4n) is 8.43. The molecule has 1 unspecified atom stereocenters. The van der Waals surface area contributed by atoms with Crippen LogP contribution >= 0.6 is 0 Å². The van der Waals surface area contributed by atoms with E-state index in [0.717, 1.165) is 33.2 Å². The van der Waals surface area contributed by atoms with E-state index in [-0.39, 0.29) is 5.92 Å². The van der Waals surface area contributed by atoms with Crippen LogP contribution in [0.1, 0.15) is 22.6 Å². The first-order valence-electron chi connectivity index (χ1n) is 17.2. The number of para-hydroxylation sites is 2. The number of fused-ring (bicyclic) bond motifs is 10. The van der Waals surface area contributed by atoms with E-state index in [9.17, 15) is 0 Å². The molecule has 2 heterocycles. The lowest BCUT2D eigenvalue weighted by Crippen LogP contribution is -2.04. The summed E-state index contributed by atoms with van der Waals surface area (Å²) < 4.78 is 2.28. The van der Waals surface area contributed by atoms with Crippen molar-refractivity contribution in [3.05, 3.63) is 187 Å². The van der Waals surface area contributed by atoms with Gasteiger partial charge in [-0.3, -0.25) is 4.57 Å². The largest absolute Gasteiger partial charge is 0.278 e. The summed E-state index contributed by atoms with van der Waals surface area (Å²) in [5, 5.41) is 8.43. The average molecular weight is 636 g/mol. The van der Waals surface area contributed by atoms with Crippen molar-refractivity contribution >= 4 is 54.3 Å². The third kappa shape index (κ3) is 3.92. The van der Waals surface area contributed by atoms with E-state index >= 15 is 0 Å². The van der Waals surface area contributed by atoms with Gasteiger partial charge in [0.1, 0.15) is 0 Å². The molecule has 0 saturated carbocycles. The molecule has 0 amide bonds. The number of hydrogen-bond acceptors (Lipinski definition) is 2. The summed E-state index contributed by atoms with van der Waals surface area (Å²) in [5.41, 5.74) is 11.8. The van der Waals surface area contributed by atoms with E-state index in [0.29, 0.717) is 5.95 Å². The van der Waals surface area contributed by atoms with Crippen molar-refractivity contribution in [2.75, 3.05) is 0 Å². The Hall–Kier alpha value is -6.58. The second kappa shape index (κ2) is 10.5. The zero-order chi connectivity index (χ0) is 32.8. The molecule has 3 nitrogen and oxygen atoms in total. The molecule has 10 aromatic rings. The standard InChI is InChI=1S/C47H29N3/c1-2-14-31(15-3-1)44-40-28-43-39(27-38(40)36-25-24-30-13-6-7-17-34(30)45(36)44)35-18-9-11-21-42(35)50(43)47-48-41-20-10-8-19-37(41)46(49-47)33-23-22-29-12-4-5-16-32(29)26-33/h1-28,44H. The van der Waals surface area contributed by atoms with Gasteiger partial charge >= 0.3 is 0 Å². The Bertz CT molecular complexity index is 2990. The summed E-state index contributed by atoms with van der Waals surface area (Å²) >= 11 is 0. The van der Waals surface area contributed by atoms with Gasteiger partial charge in [-0.1, -0.05) is 140 Å². The number of aromatic nitrogens is 3. The molecule has 0 spiro atoms. The third-order valence-electron chi connectivity index (χ3n) is 10.7. The Labute approximate surface area is 288 Å². The van der Waals surface area contributed by atoms with Gasteiger partial charge < -0.3 is 0 Å². The molecule has 0 saturated heterocycles. The molecule has 0 bridgehead atoms. The summed E-state index contributed by atoms with van der Waals surface area (Å²) in [6.07, 6.45) is 0. The quantitative estimate of drug-likeness (QED) is 0.193. The molecule has 1 aliphatic carbocycles. The van der Waals surface area contributed by atoms with Gasteiger partial charge in [0, 0.05) is 27.6 Å². The minimum atomic E-state index is 0.105.